The Balaban J connectivity index is 1.62. The molecule has 0 radical (unpaired) electrons. The molecule has 2 N–H and O–H groups in total. The summed E-state index contributed by atoms with van der Waals surface area (Å²) in [5.41, 5.74) is 1.31. The molecule has 1 atom stereocenters. The predicted octanol–water partition coefficient (Wildman–Crippen LogP) is 1.86. The van der Waals surface area contributed by atoms with Crippen molar-refractivity contribution in [3.63, 3.8) is 0 Å². The van der Waals surface area contributed by atoms with Crippen LogP contribution in [0.1, 0.15) is 44.2 Å². The molecule has 0 aromatic heterocycles. The van der Waals surface area contributed by atoms with Gasteiger partial charge in [0.2, 0.25) is 11.8 Å². The van der Waals surface area contributed by atoms with Crippen LogP contribution in [-0.4, -0.2) is 50.0 Å². The highest BCUT2D eigenvalue weighted by Crippen LogP contribution is 2.37. The van der Waals surface area contributed by atoms with Crippen LogP contribution in [0.15, 0.2) is 24.3 Å². The molecular formula is C20H29N3O3. The topological polar surface area (TPSA) is 70.7 Å². The Morgan fingerprint density at radius 3 is 2.46 bits per heavy atom. The van der Waals surface area contributed by atoms with E-state index < -0.39 is 0 Å². The molecule has 6 nitrogen and oxygen atoms in total. The fourth-order valence-corrected chi connectivity index (χ4v) is 4.09. The van der Waals surface area contributed by atoms with Crippen molar-refractivity contribution in [3.05, 3.63) is 29.8 Å². The second-order valence-electron chi connectivity index (χ2n) is 7.54. The van der Waals surface area contributed by atoms with E-state index >= 15 is 0 Å². The van der Waals surface area contributed by atoms with Crippen LogP contribution in [0.2, 0.25) is 0 Å². The molecule has 0 aliphatic carbocycles. The molecule has 0 saturated carbocycles. The number of nitrogens with one attached hydrogen (secondary N) is 2. The largest absolute Gasteiger partial charge is 0.497 e. The van der Waals surface area contributed by atoms with E-state index in [4.69, 9.17) is 4.74 Å². The summed E-state index contributed by atoms with van der Waals surface area (Å²) < 4.78 is 5.18. The van der Waals surface area contributed by atoms with Gasteiger partial charge in [-0.3, -0.25) is 9.59 Å². The Kier molecular flexibility index (Phi) is 5.81. The average molecular weight is 359 g/mol. The first-order valence-corrected chi connectivity index (χ1v) is 9.41. The first-order valence-electron chi connectivity index (χ1n) is 9.41. The summed E-state index contributed by atoms with van der Waals surface area (Å²) in [5, 5.41) is 6.37. The molecule has 26 heavy (non-hydrogen) atoms. The number of hydrogen-bond acceptors (Lipinski definition) is 4. The minimum absolute atomic E-state index is 0.111. The molecule has 1 aromatic rings. The molecule has 1 aromatic carbocycles. The van der Waals surface area contributed by atoms with Gasteiger partial charge in [-0.2, -0.15) is 0 Å². The first-order chi connectivity index (χ1) is 12.5. The molecule has 2 saturated heterocycles. The molecule has 1 spiro atoms. The van der Waals surface area contributed by atoms with Gasteiger partial charge in [0.25, 0.3) is 0 Å². The number of rotatable bonds is 5. The van der Waals surface area contributed by atoms with Gasteiger partial charge in [0.15, 0.2) is 0 Å². The molecule has 6 heteroatoms. The molecule has 2 aliphatic heterocycles. The Hall–Kier alpha value is -2.08. The molecule has 1 unspecified atom stereocenters. The minimum Gasteiger partial charge on any atom is -0.497 e. The molecule has 0 bridgehead atoms. The van der Waals surface area contributed by atoms with E-state index in [0.29, 0.717) is 5.41 Å². The number of nitrogens with zero attached hydrogens (tertiary/aromatic N) is 1. The van der Waals surface area contributed by atoms with Crippen molar-refractivity contribution in [2.75, 3.05) is 33.3 Å². The zero-order valence-electron chi connectivity index (χ0n) is 15.7. The molecular weight excluding hydrogens is 330 g/mol. The monoisotopic (exact) mass is 359 g/mol. The van der Waals surface area contributed by atoms with Crippen LogP contribution in [0.25, 0.3) is 0 Å². The van der Waals surface area contributed by atoms with E-state index in [9.17, 15) is 9.59 Å². The lowest BCUT2D eigenvalue weighted by Crippen LogP contribution is -2.45. The van der Waals surface area contributed by atoms with Crippen LogP contribution in [0.4, 0.5) is 0 Å². The van der Waals surface area contributed by atoms with Gasteiger partial charge in [0.05, 0.1) is 19.6 Å². The van der Waals surface area contributed by atoms with Crippen molar-refractivity contribution >= 4 is 11.8 Å². The summed E-state index contributed by atoms with van der Waals surface area (Å²) in [7, 11) is 1.62. The summed E-state index contributed by atoms with van der Waals surface area (Å²) in [6, 6.07) is 7.21. The van der Waals surface area contributed by atoms with Crippen molar-refractivity contribution in [2.24, 2.45) is 5.41 Å². The Morgan fingerprint density at radius 1 is 1.23 bits per heavy atom. The maximum absolute atomic E-state index is 12.8. The highest BCUT2D eigenvalue weighted by Gasteiger charge is 2.38. The smallest absolute Gasteiger partial charge is 0.224 e. The standard InChI is InChI=1S/C20H29N3O3/c1-15(24)22-18(16-3-5-17(26-2)6-4-16)13-19(25)23-11-8-20(9-12-23)7-10-21-14-20/h3-6,18,21H,7-14H2,1-2H3,(H,22,24). The average Bonchev–Trinajstić information content (AvgIpc) is 3.09. The zero-order chi connectivity index (χ0) is 18.6. The number of carbonyl (C=O) groups excluding carboxylic acids is 2. The third kappa shape index (κ3) is 4.36. The highest BCUT2D eigenvalue weighted by atomic mass is 16.5. The number of benzene rings is 1. The summed E-state index contributed by atoms with van der Waals surface area (Å²) in [6.45, 7) is 5.29. The minimum atomic E-state index is -0.310. The molecule has 2 heterocycles. The van der Waals surface area contributed by atoms with E-state index in [2.05, 4.69) is 10.6 Å². The predicted molar refractivity (Wildman–Crippen MR) is 99.9 cm³/mol. The van der Waals surface area contributed by atoms with Gasteiger partial charge in [-0.1, -0.05) is 12.1 Å². The number of piperidine rings is 1. The van der Waals surface area contributed by atoms with Crippen LogP contribution in [0.5, 0.6) is 5.75 Å². The lowest BCUT2D eigenvalue weighted by molar-refractivity contribution is -0.134. The molecule has 2 fully saturated rings. The zero-order valence-corrected chi connectivity index (χ0v) is 15.7. The first kappa shape index (κ1) is 18.7. The van der Waals surface area contributed by atoms with Crippen LogP contribution < -0.4 is 15.4 Å². The highest BCUT2D eigenvalue weighted by molar-refractivity contribution is 5.79. The number of ether oxygens (including phenoxy) is 1. The number of amides is 2. The van der Waals surface area contributed by atoms with Gasteiger partial charge >= 0.3 is 0 Å². The number of carbonyl (C=O) groups is 2. The van der Waals surface area contributed by atoms with Crippen LogP contribution in [0, 0.1) is 5.41 Å². The lowest BCUT2D eigenvalue weighted by Gasteiger charge is -2.39. The van der Waals surface area contributed by atoms with Crippen molar-refractivity contribution in [2.45, 2.75) is 38.6 Å². The van der Waals surface area contributed by atoms with E-state index in [-0.39, 0.29) is 24.3 Å². The molecule has 2 aliphatic rings. The number of hydrogen-bond donors (Lipinski definition) is 2. The Labute approximate surface area is 155 Å². The maximum atomic E-state index is 12.8. The summed E-state index contributed by atoms with van der Waals surface area (Å²) in [4.78, 5) is 26.4. The van der Waals surface area contributed by atoms with Gasteiger partial charge < -0.3 is 20.3 Å². The Bertz CT molecular complexity index is 628. The summed E-state index contributed by atoms with van der Waals surface area (Å²) >= 11 is 0. The van der Waals surface area contributed by atoms with Crippen molar-refractivity contribution in [1.29, 1.82) is 0 Å². The van der Waals surface area contributed by atoms with E-state index in [1.165, 1.54) is 13.3 Å². The third-order valence-electron chi connectivity index (χ3n) is 5.78. The number of likely N-dealkylation sites (tertiary alicyclic amines) is 1. The fraction of sp³-hybridized carbons (Fsp3) is 0.600. The third-order valence-corrected chi connectivity index (χ3v) is 5.78. The number of methoxy groups -OCH3 is 1. The van der Waals surface area contributed by atoms with Crippen LogP contribution in [-0.2, 0) is 9.59 Å². The normalized spacial score (nSPS) is 20.0. The van der Waals surface area contributed by atoms with E-state index in [1.807, 2.05) is 29.2 Å². The SMILES string of the molecule is COc1ccc(C(CC(=O)N2CCC3(CCNC3)CC2)NC(C)=O)cc1. The van der Waals surface area contributed by atoms with Gasteiger partial charge in [0, 0.05) is 26.6 Å². The molecule has 142 valence electrons. The quantitative estimate of drug-likeness (QED) is 0.842. The molecule has 2 amide bonds. The maximum Gasteiger partial charge on any atom is 0.224 e. The lowest BCUT2D eigenvalue weighted by atomic mass is 9.78. The van der Waals surface area contributed by atoms with E-state index in [0.717, 1.165) is 50.3 Å². The summed E-state index contributed by atoms with van der Waals surface area (Å²) in [5.74, 6) is 0.738. The van der Waals surface area contributed by atoms with Gasteiger partial charge in [-0.05, 0) is 48.9 Å². The van der Waals surface area contributed by atoms with Gasteiger partial charge in [-0.25, -0.2) is 0 Å². The van der Waals surface area contributed by atoms with Crippen LogP contribution >= 0.6 is 0 Å². The van der Waals surface area contributed by atoms with E-state index in [1.54, 1.807) is 7.11 Å². The van der Waals surface area contributed by atoms with Crippen molar-refractivity contribution in [3.8, 4) is 5.75 Å². The summed E-state index contributed by atoms with van der Waals surface area (Å²) in [6.07, 6.45) is 3.64. The molecule has 3 rings (SSSR count). The van der Waals surface area contributed by atoms with Gasteiger partial charge in [-0.15, -0.1) is 0 Å². The van der Waals surface area contributed by atoms with Crippen molar-refractivity contribution < 1.29 is 14.3 Å². The van der Waals surface area contributed by atoms with Gasteiger partial charge in [0.1, 0.15) is 5.75 Å². The van der Waals surface area contributed by atoms with Crippen molar-refractivity contribution in [1.82, 2.24) is 15.5 Å². The second kappa shape index (κ2) is 8.08. The van der Waals surface area contributed by atoms with Crippen LogP contribution in [0.3, 0.4) is 0 Å². The second-order valence-corrected chi connectivity index (χ2v) is 7.54. The Morgan fingerprint density at radius 2 is 1.92 bits per heavy atom. The fourth-order valence-electron chi connectivity index (χ4n) is 4.09.